The zero-order valence-electron chi connectivity index (χ0n) is 14.4. The Bertz CT molecular complexity index is 305. The molecule has 0 aromatic rings. The molecule has 0 aliphatic heterocycles. The first-order chi connectivity index (χ1) is 10.3. The molecular formula is C20H37N. The van der Waals surface area contributed by atoms with Crippen molar-refractivity contribution in [3.05, 3.63) is 0 Å². The summed E-state index contributed by atoms with van der Waals surface area (Å²) in [5.41, 5.74) is 0. The highest BCUT2D eigenvalue weighted by Gasteiger charge is 2.41. The molecule has 1 nitrogen and oxygen atoms in total. The number of nitrogens with one attached hydrogen (secondary N) is 1. The third kappa shape index (κ3) is 3.84. The van der Waals surface area contributed by atoms with Gasteiger partial charge < -0.3 is 5.32 Å². The van der Waals surface area contributed by atoms with E-state index in [2.05, 4.69) is 19.3 Å². The van der Waals surface area contributed by atoms with Gasteiger partial charge in [0, 0.05) is 6.04 Å². The van der Waals surface area contributed by atoms with Gasteiger partial charge in [0.1, 0.15) is 0 Å². The van der Waals surface area contributed by atoms with Gasteiger partial charge in [-0.3, -0.25) is 0 Å². The van der Waals surface area contributed by atoms with E-state index in [1.165, 1.54) is 51.4 Å². The van der Waals surface area contributed by atoms with E-state index >= 15 is 0 Å². The van der Waals surface area contributed by atoms with Crippen molar-refractivity contribution in [2.75, 3.05) is 7.05 Å². The Hall–Kier alpha value is -0.0400. The highest BCUT2D eigenvalue weighted by molar-refractivity contribution is 4.93. The van der Waals surface area contributed by atoms with Gasteiger partial charge >= 0.3 is 0 Å². The van der Waals surface area contributed by atoms with E-state index in [4.69, 9.17) is 0 Å². The van der Waals surface area contributed by atoms with E-state index in [1.807, 2.05) is 0 Å². The lowest BCUT2D eigenvalue weighted by molar-refractivity contribution is 0.181. The molecule has 3 aliphatic rings. The fourth-order valence-electron chi connectivity index (χ4n) is 5.91. The van der Waals surface area contributed by atoms with Crippen LogP contribution in [0.1, 0.15) is 84.0 Å². The summed E-state index contributed by atoms with van der Waals surface area (Å²) in [7, 11) is 2.22. The minimum atomic E-state index is 0.821. The molecule has 0 amide bonds. The summed E-state index contributed by atoms with van der Waals surface area (Å²) in [6, 6.07) is 0.821. The Balaban J connectivity index is 1.44. The lowest BCUT2D eigenvalue weighted by Gasteiger charge is -2.36. The first kappa shape index (κ1) is 15.8. The summed E-state index contributed by atoms with van der Waals surface area (Å²) in [6.45, 7) is 2.33. The largest absolute Gasteiger partial charge is 0.317 e. The molecular weight excluding hydrogens is 254 g/mol. The van der Waals surface area contributed by atoms with Crippen LogP contribution in [0.15, 0.2) is 0 Å². The Morgan fingerprint density at radius 2 is 1.81 bits per heavy atom. The average molecular weight is 292 g/mol. The molecule has 0 aromatic carbocycles. The van der Waals surface area contributed by atoms with Crippen LogP contribution in [0, 0.1) is 29.6 Å². The summed E-state index contributed by atoms with van der Waals surface area (Å²) < 4.78 is 0. The fraction of sp³-hybridized carbons (Fsp3) is 1.00. The van der Waals surface area contributed by atoms with E-state index in [0.717, 1.165) is 35.6 Å². The van der Waals surface area contributed by atoms with Crippen molar-refractivity contribution in [1.82, 2.24) is 5.32 Å². The predicted octanol–water partition coefficient (Wildman–Crippen LogP) is 5.40. The van der Waals surface area contributed by atoms with Crippen molar-refractivity contribution < 1.29 is 0 Å². The molecule has 3 saturated carbocycles. The molecule has 0 radical (unpaired) electrons. The Labute approximate surface area is 132 Å². The van der Waals surface area contributed by atoms with Gasteiger partial charge in [-0.2, -0.15) is 0 Å². The zero-order valence-corrected chi connectivity index (χ0v) is 14.4. The highest BCUT2D eigenvalue weighted by Crippen LogP contribution is 2.50. The Kier molecular flexibility index (Phi) is 5.65. The van der Waals surface area contributed by atoms with E-state index in [0.29, 0.717) is 0 Å². The zero-order chi connectivity index (χ0) is 14.7. The number of unbranched alkanes of at least 4 members (excludes halogenated alkanes) is 1. The van der Waals surface area contributed by atoms with Crippen molar-refractivity contribution in [3.63, 3.8) is 0 Å². The third-order valence-electron chi connectivity index (χ3n) is 7.24. The van der Waals surface area contributed by atoms with Gasteiger partial charge in [-0.15, -0.1) is 0 Å². The van der Waals surface area contributed by atoms with Crippen molar-refractivity contribution in [2.45, 2.75) is 90.0 Å². The molecule has 2 bridgehead atoms. The van der Waals surface area contributed by atoms with Crippen LogP contribution in [0.3, 0.4) is 0 Å². The molecule has 21 heavy (non-hydrogen) atoms. The van der Waals surface area contributed by atoms with Crippen LogP contribution < -0.4 is 5.32 Å². The van der Waals surface area contributed by atoms with E-state index in [9.17, 15) is 0 Å². The topological polar surface area (TPSA) is 12.0 Å². The molecule has 1 N–H and O–H groups in total. The smallest absolute Gasteiger partial charge is 0.00950 e. The van der Waals surface area contributed by atoms with Gasteiger partial charge in [0.25, 0.3) is 0 Å². The molecule has 3 fully saturated rings. The summed E-state index contributed by atoms with van der Waals surface area (Å²) in [4.78, 5) is 0. The third-order valence-corrected chi connectivity index (χ3v) is 7.24. The monoisotopic (exact) mass is 291 g/mol. The SMILES string of the molecule is CCCCC1CCC(C(CC2CC3CCC2C3)NC)CC1. The molecule has 4 unspecified atom stereocenters. The summed E-state index contributed by atoms with van der Waals surface area (Å²) in [5, 5.41) is 3.72. The Morgan fingerprint density at radius 1 is 1.00 bits per heavy atom. The second-order valence-electron chi connectivity index (χ2n) is 8.49. The van der Waals surface area contributed by atoms with Gasteiger partial charge in [0.05, 0.1) is 0 Å². The molecule has 3 aliphatic carbocycles. The number of hydrogen-bond acceptors (Lipinski definition) is 1. The summed E-state index contributed by atoms with van der Waals surface area (Å²) >= 11 is 0. The van der Waals surface area contributed by atoms with Gasteiger partial charge in [0.15, 0.2) is 0 Å². The lowest BCUT2D eigenvalue weighted by atomic mass is 9.73. The van der Waals surface area contributed by atoms with E-state index < -0.39 is 0 Å². The second kappa shape index (κ2) is 7.49. The second-order valence-corrected chi connectivity index (χ2v) is 8.49. The molecule has 0 heterocycles. The summed E-state index contributed by atoms with van der Waals surface area (Å²) in [5.74, 6) is 5.32. The first-order valence-electron chi connectivity index (χ1n) is 9.97. The maximum atomic E-state index is 3.72. The van der Waals surface area contributed by atoms with Gasteiger partial charge in [-0.05, 0) is 75.2 Å². The van der Waals surface area contributed by atoms with Crippen LogP contribution in [0.2, 0.25) is 0 Å². The average Bonchev–Trinajstić information content (AvgIpc) is 3.14. The van der Waals surface area contributed by atoms with Crippen LogP contribution in [-0.4, -0.2) is 13.1 Å². The number of fused-ring (bicyclic) bond motifs is 2. The molecule has 0 spiro atoms. The minimum Gasteiger partial charge on any atom is -0.317 e. The highest BCUT2D eigenvalue weighted by atomic mass is 14.9. The Morgan fingerprint density at radius 3 is 2.38 bits per heavy atom. The van der Waals surface area contributed by atoms with Crippen molar-refractivity contribution in [2.24, 2.45) is 29.6 Å². The van der Waals surface area contributed by atoms with Crippen LogP contribution in [0.5, 0.6) is 0 Å². The molecule has 3 rings (SSSR count). The molecule has 0 aromatic heterocycles. The van der Waals surface area contributed by atoms with Gasteiger partial charge in [-0.1, -0.05) is 45.4 Å². The lowest BCUT2D eigenvalue weighted by Crippen LogP contribution is -2.38. The van der Waals surface area contributed by atoms with Gasteiger partial charge in [0.2, 0.25) is 0 Å². The van der Waals surface area contributed by atoms with Crippen LogP contribution >= 0.6 is 0 Å². The predicted molar refractivity (Wildman–Crippen MR) is 91.4 cm³/mol. The standard InChI is InChI=1S/C20H37N/c1-3-4-5-15-6-9-17(10-7-15)20(21-2)14-19-13-16-8-11-18(19)12-16/h15-21H,3-14H2,1-2H3. The summed E-state index contributed by atoms with van der Waals surface area (Å²) in [6.07, 6.45) is 18.1. The molecule has 0 saturated heterocycles. The van der Waals surface area contributed by atoms with Gasteiger partial charge in [-0.25, -0.2) is 0 Å². The minimum absolute atomic E-state index is 0.821. The number of hydrogen-bond donors (Lipinski definition) is 1. The van der Waals surface area contributed by atoms with Crippen LogP contribution in [-0.2, 0) is 0 Å². The maximum absolute atomic E-state index is 3.72. The fourth-order valence-corrected chi connectivity index (χ4v) is 5.91. The van der Waals surface area contributed by atoms with Crippen LogP contribution in [0.25, 0.3) is 0 Å². The normalized spacial score (nSPS) is 40.6. The first-order valence-corrected chi connectivity index (χ1v) is 9.97. The van der Waals surface area contributed by atoms with E-state index in [-0.39, 0.29) is 0 Å². The van der Waals surface area contributed by atoms with Crippen molar-refractivity contribution in [3.8, 4) is 0 Å². The maximum Gasteiger partial charge on any atom is 0.00950 e. The molecule has 4 atom stereocenters. The quantitative estimate of drug-likeness (QED) is 0.662. The van der Waals surface area contributed by atoms with Crippen molar-refractivity contribution >= 4 is 0 Å². The molecule has 1 heteroatoms. The molecule has 122 valence electrons. The number of rotatable bonds is 7. The van der Waals surface area contributed by atoms with Crippen LogP contribution in [0.4, 0.5) is 0 Å². The van der Waals surface area contributed by atoms with E-state index in [1.54, 1.807) is 25.7 Å². The van der Waals surface area contributed by atoms with Crippen molar-refractivity contribution in [1.29, 1.82) is 0 Å².